The van der Waals surface area contributed by atoms with Crippen molar-refractivity contribution < 1.29 is 9.53 Å². The van der Waals surface area contributed by atoms with Gasteiger partial charge in [0.1, 0.15) is 5.75 Å². The SMILES string of the molecule is CCCCCCCCCCCCCCCC(=O)Oc1ccccc1C(=N)c1cccc(Cl)c1. The van der Waals surface area contributed by atoms with E-state index in [-0.39, 0.29) is 5.97 Å². The Kier molecular flexibility index (Phi) is 13.5. The first-order valence-corrected chi connectivity index (χ1v) is 13.1. The van der Waals surface area contributed by atoms with Crippen molar-refractivity contribution in [1.29, 1.82) is 5.41 Å². The van der Waals surface area contributed by atoms with Crippen molar-refractivity contribution in [3.63, 3.8) is 0 Å². The molecule has 0 bridgehead atoms. The van der Waals surface area contributed by atoms with Crippen LogP contribution in [-0.2, 0) is 4.79 Å². The van der Waals surface area contributed by atoms with E-state index in [1.807, 2.05) is 24.3 Å². The van der Waals surface area contributed by atoms with Crippen LogP contribution in [0.25, 0.3) is 0 Å². The third-order valence-electron chi connectivity index (χ3n) is 5.98. The van der Waals surface area contributed by atoms with E-state index in [0.717, 1.165) is 12.8 Å². The molecule has 2 aromatic rings. The minimum atomic E-state index is -0.232. The number of hydrogen-bond donors (Lipinski definition) is 1. The second kappa shape index (κ2) is 16.5. The first-order chi connectivity index (χ1) is 16.1. The highest BCUT2D eigenvalue weighted by Crippen LogP contribution is 2.24. The number of halogens is 1. The molecule has 0 spiro atoms. The topological polar surface area (TPSA) is 50.2 Å². The van der Waals surface area contributed by atoms with Gasteiger partial charge in [0.05, 0.1) is 5.71 Å². The molecule has 4 heteroatoms. The molecule has 33 heavy (non-hydrogen) atoms. The van der Waals surface area contributed by atoms with Crippen LogP contribution in [-0.4, -0.2) is 11.7 Å². The number of esters is 1. The van der Waals surface area contributed by atoms with Crippen LogP contribution < -0.4 is 4.74 Å². The fourth-order valence-electron chi connectivity index (χ4n) is 4.02. The lowest BCUT2D eigenvalue weighted by atomic mass is 10.0. The van der Waals surface area contributed by atoms with Gasteiger partial charge in [0.2, 0.25) is 0 Å². The Hall–Kier alpha value is -2.13. The average molecular weight is 470 g/mol. The normalized spacial score (nSPS) is 10.8. The van der Waals surface area contributed by atoms with E-state index >= 15 is 0 Å². The highest BCUT2D eigenvalue weighted by atomic mass is 35.5. The molecule has 0 saturated heterocycles. The van der Waals surface area contributed by atoms with E-state index < -0.39 is 0 Å². The molecule has 2 rings (SSSR count). The Morgan fingerprint density at radius 1 is 0.788 bits per heavy atom. The lowest BCUT2D eigenvalue weighted by Crippen LogP contribution is -2.11. The Balaban J connectivity index is 1.61. The van der Waals surface area contributed by atoms with E-state index in [1.54, 1.807) is 24.3 Å². The van der Waals surface area contributed by atoms with Crippen molar-refractivity contribution in [2.24, 2.45) is 0 Å². The second-order valence-electron chi connectivity index (χ2n) is 8.85. The van der Waals surface area contributed by atoms with Gasteiger partial charge in [0.25, 0.3) is 0 Å². The Morgan fingerprint density at radius 2 is 1.36 bits per heavy atom. The van der Waals surface area contributed by atoms with Gasteiger partial charge in [0, 0.05) is 22.6 Å². The minimum absolute atomic E-state index is 0.232. The number of carbonyl (C=O) groups excluding carboxylic acids is 1. The summed E-state index contributed by atoms with van der Waals surface area (Å²) in [5, 5.41) is 9.09. The number of hydrogen-bond acceptors (Lipinski definition) is 3. The first kappa shape index (κ1) is 27.1. The van der Waals surface area contributed by atoms with Gasteiger partial charge in [-0.05, 0) is 30.7 Å². The molecular formula is C29H40ClNO2. The summed E-state index contributed by atoms with van der Waals surface area (Å²) in [5.41, 5.74) is 1.59. The molecule has 3 nitrogen and oxygen atoms in total. The molecule has 0 aromatic heterocycles. The first-order valence-electron chi connectivity index (χ1n) is 12.8. The van der Waals surface area contributed by atoms with Crippen molar-refractivity contribution in [3.05, 3.63) is 64.7 Å². The fourth-order valence-corrected chi connectivity index (χ4v) is 4.21. The van der Waals surface area contributed by atoms with E-state index in [4.69, 9.17) is 21.7 Å². The van der Waals surface area contributed by atoms with E-state index in [9.17, 15) is 4.79 Å². The highest BCUT2D eigenvalue weighted by molar-refractivity contribution is 6.31. The molecule has 0 fully saturated rings. The smallest absolute Gasteiger partial charge is 0.311 e. The van der Waals surface area contributed by atoms with Crippen LogP contribution in [0.3, 0.4) is 0 Å². The molecule has 0 aliphatic heterocycles. The molecule has 0 aliphatic carbocycles. The molecule has 180 valence electrons. The van der Waals surface area contributed by atoms with Crippen molar-refractivity contribution in [2.45, 2.75) is 96.8 Å². The van der Waals surface area contributed by atoms with Crippen molar-refractivity contribution >= 4 is 23.3 Å². The van der Waals surface area contributed by atoms with Gasteiger partial charge in [-0.2, -0.15) is 0 Å². The number of rotatable bonds is 17. The Morgan fingerprint density at radius 3 is 1.97 bits per heavy atom. The predicted octanol–water partition coefficient (Wildman–Crippen LogP) is 9.14. The standard InChI is InChI=1S/C29H40ClNO2/c1-2-3-4-5-6-7-8-9-10-11-12-13-14-22-28(32)33-27-21-16-15-20-26(27)29(31)24-18-17-19-25(30)23-24/h15-21,23,31H,2-14,22H2,1H3. The molecule has 1 N–H and O–H groups in total. The zero-order valence-corrected chi connectivity index (χ0v) is 21.0. The van der Waals surface area contributed by atoms with Gasteiger partial charge in [-0.1, -0.05) is 120 Å². The molecular weight excluding hydrogens is 430 g/mol. The summed E-state index contributed by atoms with van der Waals surface area (Å²) in [6.07, 6.45) is 17.0. The second-order valence-corrected chi connectivity index (χ2v) is 9.28. The largest absolute Gasteiger partial charge is 0.426 e. The number of nitrogens with one attached hydrogen (secondary N) is 1. The Bertz CT molecular complexity index is 849. The van der Waals surface area contributed by atoms with Crippen molar-refractivity contribution in [3.8, 4) is 5.75 Å². The molecule has 0 heterocycles. The number of unbranched alkanes of at least 4 members (excludes halogenated alkanes) is 12. The molecule has 0 radical (unpaired) electrons. The van der Waals surface area contributed by atoms with Crippen LogP contribution in [0.5, 0.6) is 5.75 Å². The zero-order valence-electron chi connectivity index (χ0n) is 20.2. The maximum atomic E-state index is 12.4. The van der Waals surface area contributed by atoms with Gasteiger partial charge in [0.15, 0.2) is 0 Å². The van der Waals surface area contributed by atoms with Crippen LogP contribution in [0.4, 0.5) is 0 Å². The van der Waals surface area contributed by atoms with Crippen LogP contribution in [0.2, 0.25) is 5.02 Å². The fraction of sp³-hybridized carbons (Fsp3) is 0.517. The van der Waals surface area contributed by atoms with Gasteiger partial charge in [-0.15, -0.1) is 0 Å². The third kappa shape index (κ3) is 11.0. The lowest BCUT2D eigenvalue weighted by molar-refractivity contribution is -0.134. The van der Waals surface area contributed by atoms with Crippen LogP contribution in [0, 0.1) is 5.41 Å². The van der Waals surface area contributed by atoms with Gasteiger partial charge >= 0.3 is 5.97 Å². The van der Waals surface area contributed by atoms with Gasteiger partial charge < -0.3 is 4.74 Å². The number of benzene rings is 2. The summed E-state index contributed by atoms with van der Waals surface area (Å²) < 4.78 is 5.61. The van der Waals surface area contributed by atoms with Gasteiger partial charge in [-0.25, -0.2) is 0 Å². The highest BCUT2D eigenvalue weighted by Gasteiger charge is 2.14. The average Bonchev–Trinajstić information content (AvgIpc) is 2.82. The third-order valence-corrected chi connectivity index (χ3v) is 6.21. The quantitative estimate of drug-likeness (QED) is 0.109. The molecule has 0 aliphatic rings. The van der Waals surface area contributed by atoms with Crippen molar-refractivity contribution in [2.75, 3.05) is 0 Å². The molecule has 0 amide bonds. The van der Waals surface area contributed by atoms with Crippen LogP contribution in [0.15, 0.2) is 48.5 Å². The number of carbonyl (C=O) groups is 1. The summed E-state index contributed by atoms with van der Waals surface area (Å²) in [6, 6.07) is 14.4. The number of ether oxygens (including phenoxy) is 1. The number of para-hydroxylation sites is 1. The van der Waals surface area contributed by atoms with E-state index in [1.165, 1.54) is 70.6 Å². The monoisotopic (exact) mass is 469 g/mol. The lowest BCUT2D eigenvalue weighted by Gasteiger charge is -2.11. The summed E-state index contributed by atoms with van der Waals surface area (Å²) in [5.74, 6) is 0.201. The maximum Gasteiger partial charge on any atom is 0.311 e. The molecule has 2 aromatic carbocycles. The predicted molar refractivity (Wildman–Crippen MR) is 140 cm³/mol. The van der Waals surface area contributed by atoms with Crippen molar-refractivity contribution in [1.82, 2.24) is 0 Å². The van der Waals surface area contributed by atoms with Crippen LogP contribution in [0.1, 0.15) is 108 Å². The van der Waals surface area contributed by atoms with E-state index in [2.05, 4.69) is 6.92 Å². The zero-order chi connectivity index (χ0) is 23.7. The van der Waals surface area contributed by atoms with Gasteiger partial charge in [-0.3, -0.25) is 10.2 Å². The van der Waals surface area contributed by atoms with Crippen LogP contribution >= 0.6 is 11.6 Å². The molecule has 0 unspecified atom stereocenters. The Labute approximate surface area is 205 Å². The maximum absolute atomic E-state index is 12.4. The summed E-state index contributed by atoms with van der Waals surface area (Å²) in [7, 11) is 0. The summed E-state index contributed by atoms with van der Waals surface area (Å²) in [4.78, 5) is 12.4. The summed E-state index contributed by atoms with van der Waals surface area (Å²) in [6.45, 7) is 2.26. The summed E-state index contributed by atoms with van der Waals surface area (Å²) >= 11 is 6.06. The molecule has 0 saturated carbocycles. The minimum Gasteiger partial charge on any atom is -0.426 e. The molecule has 0 atom stereocenters. The van der Waals surface area contributed by atoms with E-state index in [0.29, 0.717) is 34.0 Å².